The van der Waals surface area contributed by atoms with Gasteiger partial charge < -0.3 is 15.9 Å². The van der Waals surface area contributed by atoms with Crippen LogP contribution in [-0.4, -0.2) is 49.2 Å². The Balaban J connectivity index is 3.33. The van der Waals surface area contributed by atoms with Crippen molar-refractivity contribution < 1.29 is 27.4 Å². The van der Waals surface area contributed by atoms with E-state index in [-0.39, 0.29) is 18.8 Å². The second-order valence-corrected chi connectivity index (χ2v) is 5.54. The Morgan fingerprint density at radius 1 is 1.11 bits per heavy atom. The van der Waals surface area contributed by atoms with E-state index in [4.69, 9.17) is 15.9 Å². The van der Waals surface area contributed by atoms with Gasteiger partial charge in [0.1, 0.15) is 11.6 Å². The van der Waals surface area contributed by atoms with Crippen LogP contribution in [0.5, 0.6) is 0 Å². The molecular weight excluding hydrogens is 282 g/mol. The highest BCUT2D eigenvalue weighted by Gasteiger charge is 2.30. The fourth-order valence-corrected chi connectivity index (χ4v) is 3.04. The van der Waals surface area contributed by atoms with Gasteiger partial charge >= 0.3 is 0 Å². The van der Waals surface area contributed by atoms with Crippen molar-refractivity contribution in [3.05, 3.63) is 23.8 Å². The van der Waals surface area contributed by atoms with Gasteiger partial charge in [-0.05, 0) is 12.1 Å². The van der Waals surface area contributed by atoms with Crippen LogP contribution in [0.1, 0.15) is 0 Å². The molecule has 4 N–H and O–H groups in total. The van der Waals surface area contributed by atoms with Crippen LogP contribution in [0.25, 0.3) is 0 Å². The van der Waals surface area contributed by atoms with Gasteiger partial charge in [-0.1, -0.05) is 0 Å². The molecule has 1 aromatic rings. The SMILES string of the molecule is Nc1cc(F)c(S(=O)(=O)N(CCO)CCO)c(F)c1. The molecule has 0 bridgehead atoms. The number of nitrogens with zero attached hydrogens (tertiary/aromatic N) is 1. The van der Waals surface area contributed by atoms with Crippen molar-refractivity contribution in [1.82, 2.24) is 4.31 Å². The standard InChI is InChI=1S/C10H14F2N2O4S/c11-8-5-7(13)6-9(12)10(8)19(17,18)14(1-3-15)2-4-16/h5-6,15-16H,1-4,13H2. The first-order chi connectivity index (χ1) is 8.84. The van der Waals surface area contributed by atoms with Crippen LogP contribution < -0.4 is 5.73 Å². The highest BCUT2D eigenvalue weighted by atomic mass is 32.2. The fraction of sp³-hybridized carbons (Fsp3) is 0.400. The minimum absolute atomic E-state index is 0.246. The first-order valence-corrected chi connectivity index (χ1v) is 6.75. The monoisotopic (exact) mass is 296 g/mol. The number of rotatable bonds is 6. The van der Waals surface area contributed by atoms with Crippen LogP contribution in [0.15, 0.2) is 17.0 Å². The summed E-state index contributed by atoms with van der Waals surface area (Å²) in [6.45, 7) is -1.85. The van der Waals surface area contributed by atoms with Crippen LogP contribution in [0.2, 0.25) is 0 Å². The lowest BCUT2D eigenvalue weighted by atomic mass is 10.3. The predicted molar refractivity (Wildman–Crippen MR) is 63.7 cm³/mol. The number of halogens is 2. The second-order valence-electron chi connectivity index (χ2n) is 3.66. The molecule has 0 unspecified atom stereocenters. The zero-order valence-corrected chi connectivity index (χ0v) is 10.7. The van der Waals surface area contributed by atoms with E-state index >= 15 is 0 Å². The van der Waals surface area contributed by atoms with Gasteiger partial charge in [0, 0.05) is 18.8 Å². The highest BCUT2D eigenvalue weighted by Crippen LogP contribution is 2.24. The van der Waals surface area contributed by atoms with E-state index in [1.807, 2.05) is 0 Å². The molecule has 9 heteroatoms. The molecular formula is C10H14F2N2O4S. The largest absolute Gasteiger partial charge is 0.399 e. The summed E-state index contributed by atoms with van der Waals surface area (Å²) in [5.41, 5.74) is 4.95. The summed E-state index contributed by atoms with van der Waals surface area (Å²) in [7, 11) is -4.50. The molecule has 0 atom stereocenters. The zero-order valence-electron chi connectivity index (χ0n) is 9.88. The molecule has 108 valence electrons. The molecule has 0 heterocycles. The third-order valence-corrected chi connectivity index (χ3v) is 4.27. The number of anilines is 1. The van der Waals surface area contributed by atoms with E-state index in [1.54, 1.807) is 0 Å². The van der Waals surface area contributed by atoms with E-state index in [0.29, 0.717) is 16.4 Å². The van der Waals surface area contributed by atoms with Crippen LogP contribution in [0.3, 0.4) is 0 Å². The van der Waals surface area contributed by atoms with Crippen molar-refractivity contribution in [2.45, 2.75) is 4.90 Å². The van der Waals surface area contributed by atoms with Gasteiger partial charge in [-0.2, -0.15) is 4.31 Å². The summed E-state index contributed by atoms with van der Waals surface area (Å²) in [5.74, 6) is -2.64. The Morgan fingerprint density at radius 2 is 1.53 bits per heavy atom. The second kappa shape index (κ2) is 6.24. The van der Waals surface area contributed by atoms with E-state index in [9.17, 15) is 17.2 Å². The smallest absolute Gasteiger partial charge is 0.249 e. The van der Waals surface area contributed by atoms with Gasteiger partial charge in [0.25, 0.3) is 0 Å². The van der Waals surface area contributed by atoms with Gasteiger partial charge in [-0.3, -0.25) is 0 Å². The van der Waals surface area contributed by atoms with Crippen LogP contribution in [-0.2, 0) is 10.0 Å². The van der Waals surface area contributed by atoms with Crippen LogP contribution in [0.4, 0.5) is 14.5 Å². The van der Waals surface area contributed by atoms with Crippen molar-refractivity contribution >= 4 is 15.7 Å². The van der Waals surface area contributed by atoms with Crippen molar-refractivity contribution in [1.29, 1.82) is 0 Å². The number of sulfonamides is 1. The Kier molecular flexibility index (Phi) is 5.18. The molecule has 0 saturated heterocycles. The maximum absolute atomic E-state index is 13.6. The van der Waals surface area contributed by atoms with E-state index < -0.39 is 39.8 Å². The number of aliphatic hydroxyl groups excluding tert-OH is 2. The summed E-state index contributed by atoms with van der Waals surface area (Å²) in [4.78, 5) is -1.15. The summed E-state index contributed by atoms with van der Waals surface area (Å²) in [6, 6.07) is 1.37. The quantitative estimate of drug-likeness (QED) is 0.615. The van der Waals surface area contributed by atoms with Crippen LogP contribution in [0, 0.1) is 11.6 Å². The van der Waals surface area contributed by atoms with Crippen molar-refractivity contribution in [2.75, 3.05) is 32.0 Å². The Hall–Kier alpha value is -1.29. The molecule has 0 amide bonds. The fourth-order valence-electron chi connectivity index (χ4n) is 1.53. The van der Waals surface area contributed by atoms with Crippen LogP contribution >= 0.6 is 0 Å². The molecule has 1 rings (SSSR count). The van der Waals surface area contributed by atoms with E-state index in [2.05, 4.69) is 0 Å². The van der Waals surface area contributed by atoms with Crippen molar-refractivity contribution in [3.8, 4) is 0 Å². The van der Waals surface area contributed by atoms with Gasteiger partial charge in [-0.15, -0.1) is 0 Å². The first kappa shape index (κ1) is 15.8. The summed E-state index contributed by atoms with van der Waals surface area (Å²) < 4.78 is 51.9. The predicted octanol–water partition coefficient (Wildman–Crippen LogP) is -0.478. The molecule has 0 aliphatic carbocycles. The molecule has 0 fully saturated rings. The lowest BCUT2D eigenvalue weighted by Crippen LogP contribution is -2.36. The molecule has 0 aliphatic rings. The van der Waals surface area contributed by atoms with E-state index in [0.717, 1.165) is 0 Å². The molecule has 6 nitrogen and oxygen atoms in total. The average molecular weight is 296 g/mol. The van der Waals surface area contributed by atoms with Gasteiger partial charge in [-0.25, -0.2) is 17.2 Å². The van der Waals surface area contributed by atoms with E-state index in [1.165, 1.54) is 0 Å². The molecule has 0 radical (unpaired) electrons. The molecule has 0 aromatic heterocycles. The van der Waals surface area contributed by atoms with Crippen molar-refractivity contribution in [2.24, 2.45) is 0 Å². The normalized spacial score (nSPS) is 12.1. The molecule has 0 spiro atoms. The number of nitrogens with two attached hydrogens (primary N) is 1. The molecule has 1 aromatic carbocycles. The molecule has 0 aliphatic heterocycles. The Bertz CT molecular complexity index is 521. The minimum atomic E-state index is -4.50. The maximum atomic E-state index is 13.6. The zero-order chi connectivity index (χ0) is 14.6. The summed E-state index contributed by atoms with van der Waals surface area (Å²) in [5, 5.41) is 17.5. The Morgan fingerprint density at radius 3 is 1.89 bits per heavy atom. The minimum Gasteiger partial charge on any atom is -0.399 e. The lowest BCUT2D eigenvalue weighted by Gasteiger charge is -2.20. The number of hydrogen-bond donors (Lipinski definition) is 3. The topological polar surface area (TPSA) is 104 Å². The lowest BCUT2D eigenvalue weighted by molar-refractivity contribution is 0.217. The number of hydrogen-bond acceptors (Lipinski definition) is 5. The third-order valence-electron chi connectivity index (χ3n) is 2.32. The van der Waals surface area contributed by atoms with Gasteiger partial charge in [0.15, 0.2) is 4.90 Å². The van der Waals surface area contributed by atoms with Crippen molar-refractivity contribution in [3.63, 3.8) is 0 Å². The average Bonchev–Trinajstić information content (AvgIpc) is 2.26. The summed E-state index contributed by atoms with van der Waals surface area (Å²) >= 11 is 0. The highest BCUT2D eigenvalue weighted by molar-refractivity contribution is 7.89. The maximum Gasteiger partial charge on any atom is 0.249 e. The first-order valence-electron chi connectivity index (χ1n) is 5.31. The van der Waals surface area contributed by atoms with Gasteiger partial charge in [0.2, 0.25) is 10.0 Å². The number of nitrogen functional groups attached to an aromatic ring is 1. The third kappa shape index (κ3) is 3.38. The summed E-state index contributed by atoms with van der Waals surface area (Å²) in [6.07, 6.45) is 0. The van der Waals surface area contributed by atoms with Gasteiger partial charge in [0.05, 0.1) is 13.2 Å². The Labute approximate surface area is 109 Å². The molecule has 19 heavy (non-hydrogen) atoms. The number of aliphatic hydroxyl groups is 2. The molecule has 0 saturated carbocycles. The number of benzene rings is 1.